The van der Waals surface area contributed by atoms with E-state index in [1.807, 2.05) is 30.3 Å². The molecule has 0 spiro atoms. The summed E-state index contributed by atoms with van der Waals surface area (Å²) in [5.74, 6) is -0.373. The molecule has 1 atom stereocenters. The Morgan fingerprint density at radius 3 is 2.50 bits per heavy atom. The molecule has 5 heteroatoms. The van der Waals surface area contributed by atoms with E-state index in [0.717, 1.165) is 18.7 Å². The van der Waals surface area contributed by atoms with E-state index in [1.54, 1.807) is 14.2 Å². The lowest BCUT2D eigenvalue weighted by molar-refractivity contribution is -0.125. The highest BCUT2D eigenvalue weighted by Crippen LogP contribution is 2.22. The van der Waals surface area contributed by atoms with Crippen LogP contribution in [0.4, 0.5) is 0 Å². The Kier molecular flexibility index (Phi) is 6.64. The Labute approximate surface area is 121 Å². The summed E-state index contributed by atoms with van der Waals surface area (Å²) in [4.78, 5) is 14.2. The van der Waals surface area contributed by atoms with Gasteiger partial charge >= 0.3 is 0 Å². The Morgan fingerprint density at radius 2 is 2.05 bits per heavy atom. The maximum atomic E-state index is 12.1. The van der Waals surface area contributed by atoms with Crippen LogP contribution in [0.2, 0.25) is 0 Å². The minimum absolute atomic E-state index is 0.373. The molecule has 1 amide bonds. The summed E-state index contributed by atoms with van der Waals surface area (Å²) in [6, 6.07) is 9.59. The van der Waals surface area contributed by atoms with Crippen molar-refractivity contribution in [1.82, 2.24) is 10.2 Å². The second kappa shape index (κ2) is 7.99. The molecule has 0 aliphatic rings. The van der Waals surface area contributed by atoms with E-state index < -0.39 is 5.54 Å². The van der Waals surface area contributed by atoms with Crippen LogP contribution in [0.15, 0.2) is 30.3 Å². The number of ether oxygens (including phenoxy) is 1. The van der Waals surface area contributed by atoms with Gasteiger partial charge in [0, 0.05) is 20.2 Å². The van der Waals surface area contributed by atoms with Crippen molar-refractivity contribution in [2.75, 3.05) is 40.4 Å². The highest BCUT2D eigenvalue weighted by atomic mass is 16.5. The Bertz CT molecular complexity index is 411. The number of nitrogens with zero attached hydrogens (tertiary/aromatic N) is 1. The van der Waals surface area contributed by atoms with Crippen molar-refractivity contribution in [1.29, 1.82) is 0 Å². The van der Waals surface area contributed by atoms with E-state index in [0.29, 0.717) is 13.2 Å². The molecular weight excluding hydrogens is 254 g/mol. The van der Waals surface area contributed by atoms with E-state index in [2.05, 4.69) is 17.1 Å². The first kappa shape index (κ1) is 16.6. The summed E-state index contributed by atoms with van der Waals surface area (Å²) < 4.78 is 5.11. The van der Waals surface area contributed by atoms with Crippen LogP contribution in [0.1, 0.15) is 12.5 Å². The van der Waals surface area contributed by atoms with Crippen LogP contribution in [0.3, 0.4) is 0 Å². The SMILES string of the molecule is CCN(CCOC)CC(NC)(C(N)=O)c1ccccc1. The first-order chi connectivity index (χ1) is 9.60. The number of hydrogen-bond acceptors (Lipinski definition) is 4. The predicted molar refractivity (Wildman–Crippen MR) is 80.4 cm³/mol. The van der Waals surface area contributed by atoms with Crippen LogP contribution in [0.25, 0.3) is 0 Å². The van der Waals surface area contributed by atoms with Crippen LogP contribution in [0, 0.1) is 0 Å². The minimum Gasteiger partial charge on any atom is -0.383 e. The van der Waals surface area contributed by atoms with Gasteiger partial charge in [0.2, 0.25) is 5.91 Å². The van der Waals surface area contributed by atoms with Gasteiger partial charge in [-0.3, -0.25) is 9.69 Å². The lowest BCUT2D eigenvalue weighted by Crippen LogP contribution is -2.58. The summed E-state index contributed by atoms with van der Waals surface area (Å²) in [6.07, 6.45) is 0. The number of carbonyl (C=O) groups is 1. The molecule has 0 radical (unpaired) electrons. The topological polar surface area (TPSA) is 67.6 Å². The number of nitrogens with one attached hydrogen (secondary N) is 1. The number of primary amides is 1. The summed E-state index contributed by atoms with van der Waals surface area (Å²) in [5.41, 5.74) is 5.68. The van der Waals surface area contributed by atoms with Gasteiger partial charge in [0.05, 0.1) is 6.61 Å². The van der Waals surface area contributed by atoms with Crippen LogP contribution in [-0.4, -0.2) is 51.2 Å². The summed E-state index contributed by atoms with van der Waals surface area (Å²) in [5, 5.41) is 3.12. The lowest BCUT2D eigenvalue weighted by atomic mass is 9.88. The number of hydrogen-bond donors (Lipinski definition) is 2. The highest BCUT2D eigenvalue weighted by molar-refractivity contribution is 5.86. The van der Waals surface area contributed by atoms with Crippen LogP contribution in [-0.2, 0) is 15.1 Å². The Morgan fingerprint density at radius 1 is 1.40 bits per heavy atom. The molecule has 0 fully saturated rings. The molecule has 0 heterocycles. The van der Waals surface area contributed by atoms with Crippen LogP contribution >= 0.6 is 0 Å². The third-order valence-corrected chi connectivity index (χ3v) is 3.63. The fourth-order valence-electron chi connectivity index (χ4n) is 2.29. The number of nitrogens with two attached hydrogens (primary N) is 1. The number of rotatable bonds is 9. The third-order valence-electron chi connectivity index (χ3n) is 3.63. The van der Waals surface area contributed by atoms with Gasteiger partial charge in [-0.15, -0.1) is 0 Å². The second-order valence-electron chi connectivity index (χ2n) is 4.75. The van der Waals surface area contributed by atoms with Gasteiger partial charge < -0.3 is 15.8 Å². The minimum atomic E-state index is -0.884. The average molecular weight is 279 g/mol. The number of likely N-dealkylation sites (N-methyl/N-ethyl adjacent to an activating group) is 2. The Balaban J connectivity index is 3.03. The van der Waals surface area contributed by atoms with E-state index in [4.69, 9.17) is 10.5 Å². The molecule has 0 bridgehead atoms. The molecule has 5 nitrogen and oxygen atoms in total. The van der Waals surface area contributed by atoms with Crippen molar-refractivity contribution in [2.45, 2.75) is 12.5 Å². The van der Waals surface area contributed by atoms with Crippen molar-refractivity contribution in [3.8, 4) is 0 Å². The summed E-state index contributed by atoms with van der Waals surface area (Å²) in [7, 11) is 3.44. The van der Waals surface area contributed by atoms with Gasteiger partial charge in [0.1, 0.15) is 5.54 Å². The van der Waals surface area contributed by atoms with Crippen molar-refractivity contribution in [3.05, 3.63) is 35.9 Å². The third kappa shape index (κ3) is 3.79. The monoisotopic (exact) mass is 279 g/mol. The fourth-order valence-corrected chi connectivity index (χ4v) is 2.29. The standard InChI is InChI=1S/C15H25N3O2/c1-4-18(10-11-20-3)12-15(17-2,14(16)19)13-8-6-5-7-9-13/h5-9,17H,4,10-12H2,1-3H3,(H2,16,19). The van der Waals surface area contributed by atoms with E-state index in [9.17, 15) is 4.79 Å². The summed E-state index contributed by atoms with van der Waals surface area (Å²) in [6.45, 7) is 4.79. The largest absolute Gasteiger partial charge is 0.383 e. The first-order valence-electron chi connectivity index (χ1n) is 6.86. The van der Waals surface area contributed by atoms with Crippen LogP contribution in [0.5, 0.6) is 0 Å². The predicted octanol–water partition coefficient (Wildman–Crippen LogP) is 0.555. The molecule has 0 saturated heterocycles. The smallest absolute Gasteiger partial charge is 0.243 e. The molecule has 1 aromatic carbocycles. The van der Waals surface area contributed by atoms with Crippen molar-refractivity contribution in [3.63, 3.8) is 0 Å². The molecule has 112 valence electrons. The molecule has 20 heavy (non-hydrogen) atoms. The zero-order valence-electron chi connectivity index (χ0n) is 12.6. The highest BCUT2D eigenvalue weighted by Gasteiger charge is 2.38. The zero-order valence-corrected chi connectivity index (χ0v) is 12.6. The molecule has 0 aliphatic carbocycles. The van der Waals surface area contributed by atoms with Gasteiger partial charge in [-0.05, 0) is 19.2 Å². The van der Waals surface area contributed by atoms with Crippen molar-refractivity contribution >= 4 is 5.91 Å². The Hall–Kier alpha value is -1.43. The maximum Gasteiger partial charge on any atom is 0.243 e. The molecule has 0 aliphatic heterocycles. The average Bonchev–Trinajstić information content (AvgIpc) is 2.48. The van der Waals surface area contributed by atoms with Gasteiger partial charge in [-0.2, -0.15) is 0 Å². The van der Waals surface area contributed by atoms with E-state index in [1.165, 1.54) is 0 Å². The van der Waals surface area contributed by atoms with Crippen molar-refractivity contribution in [2.24, 2.45) is 5.73 Å². The number of benzene rings is 1. The van der Waals surface area contributed by atoms with E-state index >= 15 is 0 Å². The van der Waals surface area contributed by atoms with Gasteiger partial charge in [0.25, 0.3) is 0 Å². The van der Waals surface area contributed by atoms with E-state index in [-0.39, 0.29) is 5.91 Å². The normalized spacial score (nSPS) is 14.2. The summed E-state index contributed by atoms with van der Waals surface area (Å²) >= 11 is 0. The molecule has 1 unspecified atom stereocenters. The molecule has 3 N–H and O–H groups in total. The maximum absolute atomic E-state index is 12.1. The number of carbonyl (C=O) groups excluding carboxylic acids is 1. The molecular formula is C15H25N3O2. The van der Waals surface area contributed by atoms with Crippen LogP contribution < -0.4 is 11.1 Å². The molecule has 0 saturated carbocycles. The molecule has 1 rings (SSSR count). The lowest BCUT2D eigenvalue weighted by Gasteiger charge is -2.35. The van der Waals surface area contributed by atoms with Crippen molar-refractivity contribution < 1.29 is 9.53 Å². The van der Waals surface area contributed by atoms with Gasteiger partial charge in [0.15, 0.2) is 0 Å². The van der Waals surface area contributed by atoms with Gasteiger partial charge in [-0.25, -0.2) is 0 Å². The zero-order chi connectivity index (χ0) is 15.0. The second-order valence-corrected chi connectivity index (χ2v) is 4.75. The van der Waals surface area contributed by atoms with Gasteiger partial charge in [-0.1, -0.05) is 37.3 Å². The quantitative estimate of drug-likeness (QED) is 0.693. The molecule has 1 aromatic rings. The molecule has 0 aromatic heterocycles. The first-order valence-corrected chi connectivity index (χ1v) is 6.86. The number of methoxy groups -OCH3 is 1. The fraction of sp³-hybridized carbons (Fsp3) is 0.533. The number of amides is 1.